The molecule has 7 heteroatoms. The van der Waals surface area contributed by atoms with Gasteiger partial charge in [-0.2, -0.15) is 0 Å². The van der Waals surface area contributed by atoms with E-state index in [0.29, 0.717) is 26.2 Å². The first kappa shape index (κ1) is 18.3. The number of carbonyl (C=O) groups excluding carboxylic acids is 2. The maximum absolute atomic E-state index is 12.6. The van der Waals surface area contributed by atoms with Gasteiger partial charge in [-0.25, -0.2) is 4.79 Å². The molecule has 1 aromatic carbocycles. The molecular formula is C19H23N3O3S. The van der Waals surface area contributed by atoms with Crippen LogP contribution in [0.4, 0.5) is 10.5 Å². The molecule has 3 amide bonds. The molecule has 0 spiro atoms. The van der Waals surface area contributed by atoms with Crippen LogP contribution < -0.4 is 15.0 Å². The minimum Gasteiger partial charge on any atom is -0.494 e. The molecule has 1 saturated heterocycles. The zero-order chi connectivity index (χ0) is 18.4. The van der Waals surface area contributed by atoms with Gasteiger partial charge in [0.1, 0.15) is 12.3 Å². The Labute approximate surface area is 157 Å². The zero-order valence-corrected chi connectivity index (χ0v) is 15.6. The topological polar surface area (TPSA) is 61.9 Å². The first-order valence-electron chi connectivity index (χ1n) is 8.75. The highest BCUT2D eigenvalue weighted by atomic mass is 32.1. The molecule has 2 aromatic rings. The molecule has 2 heterocycles. The number of urea groups is 1. The number of nitrogens with one attached hydrogen (secondary N) is 1. The first-order valence-corrected chi connectivity index (χ1v) is 9.63. The summed E-state index contributed by atoms with van der Waals surface area (Å²) in [6, 6.07) is 11.4. The Balaban J connectivity index is 1.48. The van der Waals surface area contributed by atoms with Gasteiger partial charge in [-0.05, 0) is 49.1 Å². The van der Waals surface area contributed by atoms with E-state index >= 15 is 0 Å². The molecule has 1 aromatic heterocycles. The van der Waals surface area contributed by atoms with Gasteiger partial charge in [0.15, 0.2) is 0 Å². The Morgan fingerprint density at radius 2 is 2.04 bits per heavy atom. The second-order valence-electron chi connectivity index (χ2n) is 5.96. The Morgan fingerprint density at radius 1 is 1.23 bits per heavy atom. The molecule has 1 fully saturated rings. The molecule has 138 valence electrons. The summed E-state index contributed by atoms with van der Waals surface area (Å²) in [6.45, 7) is 4.35. The van der Waals surface area contributed by atoms with E-state index in [1.165, 1.54) is 4.88 Å². The second kappa shape index (κ2) is 8.71. The molecule has 1 N–H and O–H groups in total. The number of carbonyl (C=O) groups is 2. The quantitative estimate of drug-likeness (QED) is 0.774. The van der Waals surface area contributed by atoms with Gasteiger partial charge >= 0.3 is 6.03 Å². The van der Waals surface area contributed by atoms with Crippen molar-refractivity contribution < 1.29 is 14.3 Å². The summed E-state index contributed by atoms with van der Waals surface area (Å²) >= 11 is 1.68. The molecule has 0 bridgehead atoms. The average molecular weight is 373 g/mol. The Bertz CT molecular complexity index is 731. The highest BCUT2D eigenvalue weighted by molar-refractivity contribution is 7.09. The van der Waals surface area contributed by atoms with E-state index in [1.807, 2.05) is 42.6 Å². The van der Waals surface area contributed by atoms with E-state index in [1.54, 1.807) is 21.1 Å². The number of benzene rings is 1. The summed E-state index contributed by atoms with van der Waals surface area (Å²) in [7, 11) is 0. The molecule has 1 aliphatic heterocycles. The van der Waals surface area contributed by atoms with Gasteiger partial charge in [0, 0.05) is 30.2 Å². The van der Waals surface area contributed by atoms with Crippen molar-refractivity contribution in [2.45, 2.75) is 13.3 Å². The van der Waals surface area contributed by atoms with Crippen LogP contribution in [0, 0.1) is 0 Å². The van der Waals surface area contributed by atoms with Gasteiger partial charge < -0.3 is 15.0 Å². The Kier molecular flexibility index (Phi) is 6.12. The van der Waals surface area contributed by atoms with Crippen molar-refractivity contribution in [2.24, 2.45) is 0 Å². The van der Waals surface area contributed by atoms with Crippen LogP contribution in [0.25, 0.3) is 0 Å². The average Bonchev–Trinajstić information content (AvgIpc) is 3.27. The molecule has 0 unspecified atom stereocenters. The number of rotatable bonds is 8. The van der Waals surface area contributed by atoms with Crippen LogP contribution in [0.5, 0.6) is 5.75 Å². The van der Waals surface area contributed by atoms with E-state index in [2.05, 4.69) is 11.4 Å². The van der Waals surface area contributed by atoms with Crippen LogP contribution in [0.15, 0.2) is 41.8 Å². The normalized spacial score (nSPS) is 14.0. The van der Waals surface area contributed by atoms with Crippen LogP contribution in [-0.4, -0.2) is 49.6 Å². The van der Waals surface area contributed by atoms with E-state index in [0.717, 1.165) is 17.9 Å². The van der Waals surface area contributed by atoms with Crippen LogP contribution in [-0.2, 0) is 11.2 Å². The maximum atomic E-state index is 12.6. The van der Waals surface area contributed by atoms with Crippen molar-refractivity contribution in [3.63, 3.8) is 0 Å². The zero-order valence-electron chi connectivity index (χ0n) is 14.8. The summed E-state index contributed by atoms with van der Waals surface area (Å²) in [5.74, 6) is 0.660. The fraction of sp³-hybridized carbons (Fsp3) is 0.368. The van der Waals surface area contributed by atoms with Gasteiger partial charge in [-0.15, -0.1) is 11.3 Å². The van der Waals surface area contributed by atoms with Crippen molar-refractivity contribution in [3.8, 4) is 5.75 Å². The molecule has 0 atom stereocenters. The van der Waals surface area contributed by atoms with Crippen LogP contribution >= 0.6 is 11.3 Å². The molecule has 0 saturated carbocycles. The molecule has 0 radical (unpaired) electrons. The second-order valence-corrected chi connectivity index (χ2v) is 6.99. The molecular weight excluding hydrogens is 350 g/mol. The van der Waals surface area contributed by atoms with E-state index in [4.69, 9.17) is 4.74 Å². The number of ether oxygens (including phenoxy) is 1. The van der Waals surface area contributed by atoms with Gasteiger partial charge in [0.2, 0.25) is 5.91 Å². The monoisotopic (exact) mass is 373 g/mol. The summed E-state index contributed by atoms with van der Waals surface area (Å²) in [4.78, 5) is 29.2. The highest BCUT2D eigenvalue weighted by Gasteiger charge is 2.30. The number of amides is 3. The van der Waals surface area contributed by atoms with Crippen molar-refractivity contribution in [1.82, 2.24) is 10.2 Å². The lowest BCUT2D eigenvalue weighted by atomic mass is 10.3. The number of thiophene rings is 1. The van der Waals surface area contributed by atoms with E-state index < -0.39 is 0 Å². The van der Waals surface area contributed by atoms with Crippen molar-refractivity contribution in [1.29, 1.82) is 0 Å². The van der Waals surface area contributed by atoms with Crippen molar-refractivity contribution in [2.75, 3.05) is 37.7 Å². The van der Waals surface area contributed by atoms with Gasteiger partial charge in [0.25, 0.3) is 0 Å². The molecule has 6 nitrogen and oxygen atoms in total. The number of anilines is 1. The SMILES string of the molecule is CCOc1ccc(N2CCN(CC(=O)NCCc3cccs3)C2=O)cc1. The van der Waals surface area contributed by atoms with Crippen LogP contribution in [0.2, 0.25) is 0 Å². The number of hydrogen-bond donors (Lipinski definition) is 1. The summed E-state index contributed by atoms with van der Waals surface area (Å²) < 4.78 is 5.42. The van der Waals surface area contributed by atoms with Gasteiger partial charge in [0.05, 0.1) is 6.61 Å². The largest absolute Gasteiger partial charge is 0.494 e. The molecule has 1 aliphatic rings. The highest BCUT2D eigenvalue weighted by Crippen LogP contribution is 2.23. The molecule has 3 rings (SSSR count). The van der Waals surface area contributed by atoms with Gasteiger partial charge in [-0.1, -0.05) is 6.07 Å². The summed E-state index contributed by atoms with van der Waals surface area (Å²) in [5, 5.41) is 4.91. The predicted octanol–water partition coefficient (Wildman–Crippen LogP) is 2.75. The maximum Gasteiger partial charge on any atom is 0.325 e. The molecule has 26 heavy (non-hydrogen) atoms. The van der Waals surface area contributed by atoms with Crippen LogP contribution in [0.1, 0.15) is 11.8 Å². The first-order chi connectivity index (χ1) is 12.7. The minimum absolute atomic E-state index is 0.0941. The number of nitrogens with zero attached hydrogens (tertiary/aromatic N) is 2. The standard InChI is InChI=1S/C19H23N3O3S/c1-2-25-16-7-5-15(6-8-16)22-12-11-21(19(22)24)14-18(23)20-10-9-17-4-3-13-26-17/h3-8,13H,2,9-12,14H2,1H3,(H,20,23). The molecule has 0 aliphatic carbocycles. The third kappa shape index (κ3) is 4.54. The van der Waals surface area contributed by atoms with Gasteiger partial charge in [-0.3, -0.25) is 9.69 Å². The fourth-order valence-corrected chi connectivity index (χ4v) is 3.58. The Morgan fingerprint density at radius 3 is 2.73 bits per heavy atom. The summed E-state index contributed by atoms with van der Waals surface area (Å²) in [5.41, 5.74) is 0.819. The van der Waals surface area contributed by atoms with Crippen molar-refractivity contribution in [3.05, 3.63) is 46.7 Å². The lowest BCUT2D eigenvalue weighted by Crippen LogP contribution is -2.40. The van der Waals surface area contributed by atoms with E-state index in [-0.39, 0.29) is 18.5 Å². The third-order valence-electron chi connectivity index (χ3n) is 4.16. The third-order valence-corrected chi connectivity index (χ3v) is 5.10. The summed E-state index contributed by atoms with van der Waals surface area (Å²) in [6.07, 6.45) is 0.815. The lowest BCUT2D eigenvalue weighted by Gasteiger charge is -2.18. The smallest absolute Gasteiger partial charge is 0.325 e. The van der Waals surface area contributed by atoms with Crippen LogP contribution in [0.3, 0.4) is 0 Å². The predicted molar refractivity (Wildman–Crippen MR) is 103 cm³/mol. The fourth-order valence-electron chi connectivity index (χ4n) is 2.87. The lowest BCUT2D eigenvalue weighted by molar-refractivity contribution is -0.121. The Hall–Kier alpha value is -2.54. The minimum atomic E-state index is -0.137. The van der Waals surface area contributed by atoms with Crippen molar-refractivity contribution >= 4 is 29.0 Å². The van der Waals surface area contributed by atoms with E-state index in [9.17, 15) is 9.59 Å². The number of hydrogen-bond acceptors (Lipinski definition) is 4.